The highest BCUT2D eigenvalue weighted by Gasteiger charge is 2.17. The van der Waals surface area contributed by atoms with Crippen LogP contribution in [0.1, 0.15) is 42.3 Å². The molecule has 0 saturated carbocycles. The van der Waals surface area contributed by atoms with Crippen LogP contribution in [0, 0.1) is 0 Å². The van der Waals surface area contributed by atoms with E-state index in [2.05, 4.69) is 70.0 Å². The molecule has 0 aliphatic carbocycles. The fraction of sp³-hybridized carbons (Fsp3) is 0.182. The Morgan fingerprint density at radius 2 is 1.51 bits per heavy atom. The summed E-state index contributed by atoms with van der Waals surface area (Å²) in [6.45, 7) is 2.60. The van der Waals surface area contributed by atoms with Gasteiger partial charge in [-0.3, -0.25) is 4.57 Å². The molecule has 6 aromatic rings. The highest BCUT2D eigenvalue weighted by molar-refractivity contribution is 5.80. The fourth-order valence-electron chi connectivity index (χ4n) is 5.13. The molecule has 8 heteroatoms. The third kappa shape index (κ3) is 5.63. The predicted octanol–water partition coefficient (Wildman–Crippen LogP) is 5.86. The number of unbranched alkanes of at least 4 members (excludes halogenated alkanes) is 1. The van der Waals surface area contributed by atoms with E-state index >= 15 is 0 Å². The average molecular weight is 542 g/mol. The van der Waals surface area contributed by atoms with Gasteiger partial charge in [-0.15, -0.1) is 15.3 Å². The number of hydrogen-bond acceptors (Lipinski definition) is 5. The molecule has 0 aliphatic heterocycles. The van der Waals surface area contributed by atoms with Gasteiger partial charge in [-0.25, -0.2) is 4.79 Å². The first kappa shape index (κ1) is 26.1. The summed E-state index contributed by atoms with van der Waals surface area (Å²) in [5.74, 6) is 1.36. The average Bonchev–Trinajstić information content (AvgIpc) is 3.66. The molecule has 0 fully saturated rings. The maximum absolute atomic E-state index is 13.9. The fourth-order valence-corrected chi connectivity index (χ4v) is 5.13. The normalized spacial score (nSPS) is 11.1. The van der Waals surface area contributed by atoms with Crippen LogP contribution in [0.4, 0.5) is 0 Å². The Bertz CT molecular complexity index is 1790. The Morgan fingerprint density at radius 3 is 2.27 bits per heavy atom. The zero-order chi connectivity index (χ0) is 28.0. The van der Waals surface area contributed by atoms with Gasteiger partial charge in [0.25, 0.3) is 0 Å². The molecule has 0 aliphatic rings. The second kappa shape index (κ2) is 12.0. The number of H-pyrrole nitrogens is 1. The SMILES string of the molecule is CCCCc1nn(-c2ccccc2Cc2ccccc2)c(=O)n1Cc1ccc(-c2ccccc2-c2nn[nH]n2)cc1. The van der Waals surface area contributed by atoms with Crippen molar-refractivity contribution >= 4 is 0 Å². The summed E-state index contributed by atoms with van der Waals surface area (Å²) < 4.78 is 3.40. The van der Waals surface area contributed by atoms with Crippen molar-refractivity contribution in [1.82, 2.24) is 35.0 Å². The zero-order valence-corrected chi connectivity index (χ0v) is 22.9. The van der Waals surface area contributed by atoms with E-state index in [0.717, 1.165) is 65.0 Å². The molecule has 4 aromatic carbocycles. The number of aryl methyl sites for hydroxylation is 1. The summed E-state index contributed by atoms with van der Waals surface area (Å²) >= 11 is 0. The van der Waals surface area contributed by atoms with Crippen LogP contribution in [0.5, 0.6) is 0 Å². The van der Waals surface area contributed by atoms with Gasteiger partial charge >= 0.3 is 5.69 Å². The maximum atomic E-state index is 13.9. The molecule has 0 radical (unpaired) electrons. The quantitative estimate of drug-likeness (QED) is 0.234. The summed E-state index contributed by atoms with van der Waals surface area (Å²) in [5, 5.41) is 19.4. The number of aromatic amines is 1. The molecule has 0 bridgehead atoms. The molecule has 0 atom stereocenters. The topological polar surface area (TPSA) is 94.3 Å². The minimum absolute atomic E-state index is 0.122. The van der Waals surface area contributed by atoms with E-state index in [4.69, 9.17) is 5.10 Å². The van der Waals surface area contributed by atoms with E-state index in [-0.39, 0.29) is 5.69 Å². The number of para-hydroxylation sites is 1. The molecule has 41 heavy (non-hydrogen) atoms. The van der Waals surface area contributed by atoms with E-state index < -0.39 is 0 Å². The van der Waals surface area contributed by atoms with Gasteiger partial charge in [0.15, 0.2) is 0 Å². The van der Waals surface area contributed by atoms with Crippen molar-refractivity contribution in [2.75, 3.05) is 0 Å². The number of nitrogens with one attached hydrogen (secondary N) is 1. The van der Waals surface area contributed by atoms with E-state index in [1.54, 1.807) is 4.68 Å². The number of tetrazole rings is 1. The summed E-state index contributed by atoms with van der Waals surface area (Å²) in [6, 6.07) is 34.6. The van der Waals surface area contributed by atoms with Crippen LogP contribution in [0.3, 0.4) is 0 Å². The molecule has 0 saturated heterocycles. The van der Waals surface area contributed by atoms with Gasteiger partial charge in [0.05, 0.1) is 12.2 Å². The summed E-state index contributed by atoms with van der Waals surface area (Å²) in [4.78, 5) is 13.9. The monoisotopic (exact) mass is 541 g/mol. The third-order valence-corrected chi connectivity index (χ3v) is 7.27. The highest BCUT2D eigenvalue weighted by atomic mass is 16.2. The molecule has 2 heterocycles. The summed E-state index contributed by atoms with van der Waals surface area (Å²) in [6.07, 6.45) is 3.47. The van der Waals surface area contributed by atoms with Gasteiger partial charge in [0.2, 0.25) is 5.82 Å². The Kier molecular flexibility index (Phi) is 7.62. The van der Waals surface area contributed by atoms with Gasteiger partial charge in [-0.1, -0.05) is 110 Å². The first-order chi connectivity index (χ1) is 20.2. The lowest BCUT2D eigenvalue weighted by Gasteiger charge is -2.09. The number of hydrogen-bond donors (Lipinski definition) is 1. The standard InChI is InChI=1S/C33H31N7O/c1-2-3-17-31-36-40(30-16-10-7-13-27(30)22-24-11-5-4-6-12-24)33(41)39(31)23-25-18-20-26(21-19-25)28-14-8-9-15-29(28)32-34-37-38-35-32/h4-16,18-21H,2-3,17,22-23H2,1H3,(H,34,35,37,38). The smallest absolute Gasteiger partial charge is 0.274 e. The second-order valence-corrected chi connectivity index (χ2v) is 10.1. The van der Waals surface area contributed by atoms with E-state index in [1.165, 1.54) is 5.56 Å². The first-order valence-electron chi connectivity index (χ1n) is 13.9. The molecule has 6 rings (SSSR count). The van der Waals surface area contributed by atoms with Crippen LogP contribution in [-0.4, -0.2) is 35.0 Å². The number of benzene rings is 4. The molecule has 0 amide bonds. The van der Waals surface area contributed by atoms with Crippen molar-refractivity contribution in [3.63, 3.8) is 0 Å². The Hall–Kier alpha value is -5.11. The molecule has 0 unspecified atom stereocenters. The van der Waals surface area contributed by atoms with Crippen LogP contribution < -0.4 is 5.69 Å². The van der Waals surface area contributed by atoms with Crippen LogP contribution in [-0.2, 0) is 19.4 Å². The van der Waals surface area contributed by atoms with Crippen molar-refractivity contribution < 1.29 is 0 Å². The largest absolute Gasteiger partial charge is 0.351 e. The molecular weight excluding hydrogens is 510 g/mol. The Morgan fingerprint density at radius 1 is 0.780 bits per heavy atom. The van der Waals surface area contributed by atoms with Crippen molar-refractivity contribution in [2.45, 2.75) is 39.2 Å². The molecule has 2 aromatic heterocycles. The van der Waals surface area contributed by atoms with E-state index in [0.29, 0.717) is 12.4 Å². The second-order valence-electron chi connectivity index (χ2n) is 10.1. The van der Waals surface area contributed by atoms with Gasteiger partial charge < -0.3 is 0 Å². The number of rotatable bonds is 10. The minimum atomic E-state index is -0.122. The highest BCUT2D eigenvalue weighted by Crippen LogP contribution is 2.30. The van der Waals surface area contributed by atoms with Gasteiger partial charge in [0, 0.05) is 12.0 Å². The van der Waals surface area contributed by atoms with Gasteiger partial charge in [-0.05, 0) is 51.9 Å². The van der Waals surface area contributed by atoms with E-state index in [9.17, 15) is 4.79 Å². The van der Waals surface area contributed by atoms with Gasteiger partial charge in [-0.2, -0.15) is 9.90 Å². The molecule has 204 valence electrons. The van der Waals surface area contributed by atoms with Crippen LogP contribution in [0.2, 0.25) is 0 Å². The first-order valence-corrected chi connectivity index (χ1v) is 13.9. The summed E-state index contributed by atoms with van der Waals surface area (Å²) in [7, 11) is 0. The third-order valence-electron chi connectivity index (χ3n) is 7.27. The number of aromatic nitrogens is 7. The lowest BCUT2D eigenvalue weighted by Crippen LogP contribution is -2.25. The lowest BCUT2D eigenvalue weighted by atomic mass is 9.98. The maximum Gasteiger partial charge on any atom is 0.351 e. The number of nitrogens with zero attached hydrogens (tertiary/aromatic N) is 6. The van der Waals surface area contributed by atoms with Crippen molar-refractivity contribution in [3.8, 4) is 28.2 Å². The van der Waals surface area contributed by atoms with Crippen molar-refractivity contribution in [3.05, 3.63) is 136 Å². The Labute approximate surface area is 238 Å². The van der Waals surface area contributed by atoms with Crippen LogP contribution in [0.15, 0.2) is 108 Å². The molecular formula is C33H31N7O. The lowest BCUT2D eigenvalue weighted by molar-refractivity contribution is 0.666. The van der Waals surface area contributed by atoms with Crippen LogP contribution in [0.25, 0.3) is 28.2 Å². The van der Waals surface area contributed by atoms with Crippen LogP contribution >= 0.6 is 0 Å². The Balaban J connectivity index is 1.32. The zero-order valence-electron chi connectivity index (χ0n) is 22.9. The molecule has 0 spiro atoms. The molecule has 8 nitrogen and oxygen atoms in total. The van der Waals surface area contributed by atoms with E-state index in [1.807, 2.05) is 65.2 Å². The summed E-state index contributed by atoms with van der Waals surface area (Å²) in [5.41, 5.74) is 6.96. The van der Waals surface area contributed by atoms with Gasteiger partial charge in [0.1, 0.15) is 5.82 Å². The van der Waals surface area contributed by atoms with Crippen molar-refractivity contribution in [1.29, 1.82) is 0 Å². The minimum Gasteiger partial charge on any atom is -0.274 e. The molecule has 1 N–H and O–H groups in total. The van der Waals surface area contributed by atoms with Crippen molar-refractivity contribution in [2.24, 2.45) is 0 Å². The predicted molar refractivity (Wildman–Crippen MR) is 160 cm³/mol.